The van der Waals surface area contributed by atoms with E-state index in [1.165, 1.54) is 6.92 Å². The number of phenolic OH excluding ortho intramolecular Hbond substituents is 1. The van der Waals surface area contributed by atoms with Crippen LogP contribution < -0.4 is 4.74 Å². The highest BCUT2D eigenvalue weighted by atomic mass is 16.6. The Morgan fingerprint density at radius 2 is 2.03 bits per heavy atom. The van der Waals surface area contributed by atoms with Gasteiger partial charge in [-0.2, -0.15) is 0 Å². The first kappa shape index (κ1) is 26.8. The second kappa shape index (κ2) is 10.4. The van der Waals surface area contributed by atoms with Crippen molar-refractivity contribution >= 4 is 11.9 Å². The molecule has 2 aliphatic heterocycles. The van der Waals surface area contributed by atoms with E-state index < -0.39 is 35.2 Å². The van der Waals surface area contributed by atoms with Crippen LogP contribution in [0.1, 0.15) is 75.8 Å². The molecule has 2 aliphatic carbocycles. The Hall–Kier alpha value is -2.84. The predicted octanol–water partition coefficient (Wildman–Crippen LogP) is 4.06. The molecule has 1 aromatic rings. The van der Waals surface area contributed by atoms with E-state index in [-0.39, 0.29) is 18.2 Å². The maximum Gasteiger partial charge on any atom is 0.352 e. The van der Waals surface area contributed by atoms with Crippen molar-refractivity contribution in [2.45, 2.75) is 100 Å². The second-order valence-corrected chi connectivity index (χ2v) is 11.3. The second-order valence-electron chi connectivity index (χ2n) is 11.3. The lowest BCUT2D eigenvalue weighted by Gasteiger charge is -2.61. The molecule has 4 aliphatic rings. The number of carbonyl (C=O) groups excluding carboxylic acids is 2. The van der Waals surface area contributed by atoms with E-state index in [1.807, 2.05) is 19.2 Å². The van der Waals surface area contributed by atoms with Crippen LogP contribution in [-0.4, -0.2) is 64.5 Å². The zero-order valence-electron chi connectivity index (χ0n) is 22.4. The number of hydrogen-bond donors (Lipinski definition) is 2. The van der Waals surface area contributed by atoms with Crippen LogP contribution in [0, 0.1) is 0 Å². The summed E-state index contributed by atoms with van der Waals surface area (Å²) in [6, 6.07) is 3.40. The minimum Gasteiger partial charge on any atom is -0.504 e. The van der Waals surface area contributed by atoms with Crippen LogP contribution >= 0.6 is 0 Å². The molecule has 1 saturated heterocycles. The monoisotopic (exact) mass is 525 g/mol. The van der Waals surface area contributed by atoms with Crippen molar-refractivity contribution in [3.05, 3.63) is 47.7 Å². The van der Waals surface area contributed by atoms with E-state index in [1.54, 1.807) is 12.1 Å². The predicted molar refractivity (Wildman–Crippen MR) is 141 cm³/mol. The minimum absolute atomic E-state index is 0.0148. The lowest BCUT2D eigenvalue weighted by Crippen LogP contribution is -2.74. The third kappa shape index (κ3) is 4.22. The number of ether oxygens (including phenoxy) is 3. The van der Waals surface area contributed by atoms with E-state index in [0.29, 0.717) is 30.8 Å². The van der Waals surface area contributed by atoms with E-state index in [4.69, 9.17) is 14.2 Å². The number of nitrogens with zero attached hydrogens (tertiary/aromatic N) is 1. The fourth-order valence-corrected chi connectivity index (χ4v) is 7.03. The van der Waals surface area contributed by atoms with Gasteiger partial charge in [0.2, 0.25) is 0 Å². The summed E-state index contributed by atoms with van der Waals surface area (Å²) in [7, 11) is 2.02. The smallest absolute Gasteiger partial charge is 0.352 e. The zero-order valence-corrected chi connectivity index (χ0v) is 22.4. The van der Waals surface area contributed by atoms with E-state index in [9.17, 15) is 19.8 Å². The highest BCUT2D eigenvalue weighted by molar-refractivity contribution is 5.80. The molecule has 206 valence electrons. The van der Waals surface area contributed by atoms with Gasteiger partial charge in [0.05, 0.1) is 11.0 Å². The van der Waals surface area contributed by atoms with Crippen molar-refractivity contribution in [1.82, 2.24) is 4.90 Å². The molecule has 1 spiro atoms. The van der Waals surface area contributed by atoms with Gasteiger partial charge in [-0.25, -0.2) is 4.79 Å². The van der Waals surface area contributed by atoms with Gasteiger partial charge in [-0.3, -0.25) is 4.79 Å². The van der Waals surface area contributed by atoms with E-state index >= 15 is 0 Å². The van der Waals surface area contributed by atoms with Gasteiger partial charge in [0.25, 0.3) is 0 Å². The van der Waals surface area contributed by atoms with Gasteiger partial charge in [-0.15, -0.1) is 6.58 Å². The van der Waals surface area contributed by atoms with Crippen LogP contribution in [0.3, 0.4) is 0 Å². The molecule has 8 heteroatoms. The molecule has 0 radical (unpaired) electrons. The first-order valence-electron chi connectivity index (χ1n) is 13.9. The summed E-state index contributed by atoms with van der Waals surface area (Å²) in [6.07, 6.45) is 9.55. The molecule has 1 aromatic carbocycles. The standard InChI is InChI=1S/C30H39NO7/c1-4-5-6-7-8-9-10-11-24(33)36-19(2)28(34)37-22-14-15-30(35)23-18-20-12-13-21(32)26-25(20)29(30,27(22)38-26)16-17-31(23)3/h4,12-14,19,23,27,32,35H,1,5-11,15-18H2,2-3H3/t19-,23+,27?,29?,30+/m0/s1. The molecule has 0 aromatic heterocycles. The molecule has 5 atom stereocenters. The molecule has 2 unspecified atom stereocenters. The largest absolute Gasteiger partial charge is 0.504 e. The highest BCUT2D eigenvalue weighted by Crippen LogP contribution is 2.65. The van der Waals surface area contributed by atoms with Crippen LogP contribution in [0.15, 0.2) is 36.6 Å². The van der Waals surface area contributed by atoms with Crippen LogP contribution in [-0.2, 0) is 30.9 Å². The van der Waals surface area contributed by atoms with Crippen LogP contribution in [0.25, 0.3) is 0 Å². The van der Waals surface area contributed by atoms with Crippen molar-refractivity contribution in [3.8, 4) is 11.5 Å². The average Bonchev–Trinajstić information content (AvgIpc) is 3.25. The van der Waals surface area contributed by atoms with Gasteiger partial charge < -0.3 is 29.3 Å². The number of phenols is 1. The van der Waals surface area contributed by atoms with Gasteiger partial charge in [0, 0.05) is 24.4 Å². The van der Waals surface area contributed by atoms with Crippen molar-refractivity contribution in [2.24, 2.45) is 0 Å². The number of allylic oxidation sites excluding steroid dienone is 1. The van der Waals surface area contributed by atoms with E-state index in [0.717, 1.165) is 56.2 Å². The molecule has 2 heterocycles. The third-order valence-electron chi connectivity index (χ3n) is 9.00. The Morgan fingerprint density at radius 3 is 2.82 bits per heavy atom. The number of hydrogen-bond acceptors (Lipinski definition) is 8. The highest BCUT2D eigenvalue weighted by Gasteiger charge is 2.72. The summed E-state index contributed by atoms with van der Waals surface area (Å²) in [4.78, 5) is 27.5. The summed E-state index contributed by atoms with van der Waals surface area (Å²) < 4.78 is 17.5. The number of likely N-dealkylation sites (N-methyl/N-ethyl adjacent to an activating group) is 1. The molecular formula is C30H39NO7. The van der Waals surface area contributed by atoms with E-state index in [2.05, 4.69) is 11.5 Å². The van der Waals surface area contributed by atoms with Crippen molar-refractivity contribution in [2.75, 3.05) is 13.6 Å². The molecule has 1 fully saturated rings. The number of aliphatic hydroxyl groups is 1. The molecule has 2 bridgehead atoms. The fraction of sp³-hybridized carbons (Fsp3) is 0.600. The maximum absolute atomic E-state index is 13.0. The lowest BCUT2D eigenvalue weighted by molar-refractivity contribution is -0.175. The van der Waals surface area contributed by atoms with Gasteiger partial charge in [0.1, 0.15) is 5.76 Å². The molecule has 0 amide bonds. The van der Waals surface area contributed by atoms with Crippen molar-refractivity contribution in [3.63, 3.8) is 0 Å². The number of carbonyl (C=O) groups is 2. The number of likely N-dealkylation sites (tertiary alicyclic amines) is 1. The number of rotatable bonds is 11. The van der Waals surface area contributed by atoms with Gasteiger partial charge in [-0.1, -0.05) is 31.4 Å². The number of esters is 2. The molecular weight excluding hydrogens is 486 g/mol. The Labute approximate surface area is 224 Å². The fourth-order valence-electron chi connectivity index (χ4n) is 7.03. The Bertz CT molecular complexity index is 1150. The topological polar surface area (TPSA) is 106 Å². The zero-order chi connectivity index (χ0) is 27.1. The molecule has 5 rings (SSSR count). The van der Waals surface area contributed by atoms with Crippen molar-refractivity contribution in [1.29, 1.82) is 0 Å². The maximum atomic E-state index is 13.0. The summed E-state index contributed by atoms with van der Waals surface area (Å²) in [5.74, 6) is -0.424. The Balaban J connectivity index is 1.26. The number of piperidine rings is 1. The van der Waals surface area contributed by atoms with Gasteiger partial charge >= 0.3 is 11.9 Å². The normalized spacial score (nSPS) is 29.5. The SMILES string of the molecule is C=CCCCCCCCC(=O)O[C@@H](C)C(=O)OC1=CC[C@@]2(O)[C@H]3Cc4ccc(O)c5c4C2(CCN3C)C1O5. The number of aromatic hydroxyl groups is 1. The van der Waals surface area contributed by atoms with Crippen LogP contribution in [0.4, 0.5) is 0 Å². The first-order valence-corrected chi connectivity index (χ1v) is 13.9. The number of benzene rings is 1. The molecule has 8 nitrogen and oxygen atoms in total. The molecule has 0 saturated carbocycles. The summed E-state index contributed by atoms with van der Waals surface area (Å²) in [5.41, 5.74) is -0.0879. The third-order valence-corrected chi connectivity index (χ3v) is 9.00. The van der Waals surface area contributed by atoms with Gasteiger partial charge in [0.15, 0.2) is 23.7 Å². The average molecular weight is 526 g/mol. The summed E-state index contributed by atoms with van der Waals surface area (Å²) >= 11 is 0. The molecule has 2 N–H and O–H groups in total. The summed E-state index contributed by atoms with van der Waals surface area (Å²) in [5, 5.41) is 22.8. The first-order chi connectivity index (χ1) is 18.2. The quantitative estimate of drug-likeness (QED) is 0.253. The van der Waals surface area contributed by atoms with Crippen molar-refractivity contribution < 1.29 is 34.0 Å². The number of unbranched alkanes of at least 4 members (excludes halogenated alkanes) is 5. The van der Waals surface area contributed by atoms with Crippen LogP contribution in [0.5, 0.6) is 11.5 Å². The Morgan fingerprint density at radius 1 is 1.26 bits per heavy atom. The van der Waals surface area contributed by atoms with Crippen LogP contribution in [0.2, 0.25) is 0 Å². The lowest BCUT2D eigenvalue weighted by atomic mass is 9.50. The minimum atomic E-state index is -1.13. The Kier molecular flexibility index (Phi) is 7.31. The molecule has 38 heavy (non-hydrogen) atoms. The van der Waals surface area contributed by atoms with Gasteiger partial charge in [-0.05, 0) is 70.3 Å². The summed E-state index contributed by atoms with van der Waals surface area (Å²) in [6.45, 7) is 5.97.